The van der Waals surface area contributed by atoms with Crippen LogP contribution in [0.1, 0.15) is 22.5 Å². The third-order valence-electron chi connectivity index (χ3n) is 5.12. The predicted octanol–water partition coefficient (Wildman–Crippen LogP) is -0.423. The Morgan fingerprint density at radius 1 is 1.11 bits per heavy atom. The first-order valence-electron chi connectivity index (χ1n) is 8.67. The van der Waals surface area contributed by atoms with Gasteiger partial charge in [0.2, 0.25) is 0 Å². The normalized spacial score (nSPS) is 18.0. The van der Waals surface area contributed by atoms with Crippen molar-refractivity contribution in [1.29, 1.82) is 0 Å². The van der Waals surface area contributed by atoms with Gasteiger partial charge in [0.25, 0.3) is 0 Å². The molecule has 0 saturated carbocycles. The van der Waals surface area contributed by atoms with E-state index in [9.17, 15) is 0 Å². The molecule has 2 aromatic rings. The summed E-state index contributed by atoms with van der Waals surface area (Å²) >= 11 is 0. The fourth-order valence-corrected chi connectivity index (χ4v) is 3.75. The molecule has 0 radical (unpaired) electrons. The second kappa shape index (κ2) is 8.73. The molecule has 0 spiro atoms. The van der Waals surface area contributed by atoms with Gasteiger partial charge in [-0.2, -0.15) is 0 Å². The van der Waals surface area contributed by atoms with E-state index in [0.717, 1.165) is 36.1 Å². The van der Waals surface area contributed by atoms with Crippen LogP contribution in [0.15, 0.2) is 65.3 Å². The minimum Gasteiger partial charge on any atom is -0.472 e. The van der Waals surface area contributed by atoms with Gasteiger partial charge in [-0.25, -0.2) is 0 Å². The topological polar surface area (TPSA) is 85.6 Å². The number of amidine groups is 1. The van der Waals surface area contributed by atoms with E-state index < -0.39 is 0 Å². The number of rotatable bonds is 4. The molecule has 0 atom stereocenters. The van der Waals surface area contributed by atoms with Crippen LogP contribution < -0.4 is 62.4 Å². The van der Waals surface area contributed by atoms with Gasteiger partial charge < -0.3 is 16.5 Å². The smallest absolute Gasteiger partial charge is 0.472 e. The molecule has 2 heterocycles. The van der Waals surface area contributed by atoms with Gasteiger partial charge in [0, 0.05) is 23.9 Å². The number of hydrogen-bond donors (Lipinski definition) is 2. The molecule has 0 bridgehead atoms. The van der Waals surface area contributed by atoms with E-state index in [0.29, 0.717) is 12.4 Å². The quantitative estimate of drug-likeness (QED) is 0.428. The summed E-state index contributed by atoms with van der Waals surface area (Å²) < 4.78 is 0. The number of aromatic nitrogens is 1. The van der Waals surface area contributed by atoms with Gasteiger partial charge in [-0.05, 0) is 53.8 Å². The van der Waals surface area contributed by atoms with Gasteiger partial charge in [0.15, 0.2) is 0 Å². The zero-order valence-electron chi connectivity index (χ0n) is 15.4. The number of aliphatic imine (C=N–C) groups is 1. The number of nitrogens with zero attached hydrogens (tertiary/aromatic N) is 3. The molecule has 2 aliphatic rings. The molecule has 1 aromatic carbocycles. The van der Waals surface area contributed by atoms with Crippen LogP contribution in [0, 0.1) is 0 Å². The molecular weight excluding hydrogens is 361 g/mol. The molecule has 5 nitrogen and oxygen atoms in total. The van der Waals surface area contributed by atoms with E-state index in [1.165, 1.54) is 11.1 Å². The molecule has 27 heavy (non-hydrogen) atoms. The Kier molecular flexibility index (Phi) is 6.57. The van der Waals surface area contributed by atoms with Crippen molar-refractivity contribution in [1.82, 2.24) is 10.3 Å². The van der Waals surface area contributed by atoms with E-state index >= 15 is 0 Å². The zero-order chi connectivity index (χ0) is 18.0. The maximum absolute atomic E-state index is 8.95. The monoisotopic (exact) mass is 381 g/mol. The van der Waals surface area contributed by atoms with Crippen molar-refractivity contribution in [2.24, 2.45) is 10.7 Å². The molecule has 0 saturated heterocycles. The first kappa shape index (κ1) is 20.3. The number of fused-ring (bicyclic) bond motifs is 1. The maximum atomic E-state index is 8.95. The van der Waals surface area contributed by atoms with Crippen molar-refractivity contribution < 1.29 is 51.4 Å². The van der Waals surface area contributed by atoms with Crippen molar-refractivity contribution in [2.45, 2.75) is 18.3 Å². The molecule has 6 heteroatoms. The van der Waals surface area contributed by atoms with Crippen molar-refractivity contribution in [3.05, 3.63) is 88.2 Å². The van der Waals surface area contributed by atoms with Gasteiger partial charge in [0.05, 0.1) is 11.5 Å². The van der Waals surface area contributed by atoms with Gasteiger partial charge in [-0.3, -0.25) is 9.98 Å². The van der Waals surface area contributed by atoms with E-state index in [1.54, 1.807) is 6.20 Å². The summed E-state index contributed by atoms with van der Waals surface area (Å²) in [7, 11) is 0. The number of pyridine rings is 1. The number of nitrogens with two attached hydrogens (primary N) is 1. The first-order valence-corrected chi connectivity index (χ1v) is 8.67. The summed E-state index contributed by atoms with van der Waals surface area (Å²) in [6, 6.07) is 14.6. The Hall–Kier alpha value is -1.41. The van der Waals surface area contributed by atoms with Gasteiger partial charge in [-0.1, -0.05) is 30.3 Å². The molecule has 4 rings (SSSR count). The van der Waals surface area contributed by atoms with Crippen LogP contribution >= 0.6 is 0 Å². The summed E-state index contributed by atoms with van der Waals surface area (Å²) in [5.74, 6) is 0.599. The zero-order valence-corrected chi connectivity index (χ0v) is 18.5. The molecule has 1 aromatic heterocycles. The van der Waals surface area contributed by atoms with Crippen molar-refractivity contribution in [2.75, 3.05) is 6.54 Å². The van der Waals surface area contributed by atoms with Gasteiger partial charge >= 0.3 is 51.4 Å². The Morgan fingerprint density at radius 3 is 2.52 bits per heavy atom. The average molecular weight is 382 g/mol. The molecular formula is C21H20KN5. The van der Waals surface area contributed by atoms with Crippen LogP contribution in [-0.2, 0) is 18.3 Å². The number of nitrogens with one attached hydrogen (secondary N) is 1. The molecule has 3 N–H and O–H groups in total. The van der Waals surface area contributed by atoms with Crippen LogP contribution in [0.5, 0.6) is 0 Å². The van der Waals surface area contributed by atoms with E-state index in [4.69, 9.17) is 16.1 Å². The van der Waals surface area contributed by atoms with Crippen LogP contribution in [0.25, 0.3) is 11.5 Å². The molecule has 130 valence electrons. The van der Waals surface area contributed by atoms with Crippen LogP contribution in [0.3, 0.4) is 0 Å². The molecule has 1 aliphatic heterocycles. The summed E-state index contributed by atoms with van der Waals surface area (Å²) in [4.78, 5) is 9.07. The Bertz CT molecular complexity index is 920. The van der Waals surface area contributed by atoms with Crippen LogP contribution in [0.2, 0.25) is 0 Å². The number of benzene rings is 1. The fourth-order valence-electron chi connectivity index (χ4n) is 3.75. The average Bonchev–Trinajstić information content (AvgIpc) is 3.27. The summed E-state index contributed by atoms with van der Waals surface area (Å²) in [6.45, 7) is 0.558. The molecule has 0 unspecified atom stereocenters. The van der Waals surface area contributed by atoms with E-state index in [-0.39, 0.29) is 56.8 Å². The SMILES string of the molecule is [K+].[N-]=CNC1=NC=C/C1=C\c1cccc(C2(CN)Cc3ccccc3C2)n1. The third kappa shape index (κ3) is 4.06. The minimum atomic E-state index is -0.155. The Balaban J connectivity index is 0.00000210. The summed E-state index contributed by atoms with van der Waals surface area (Å²) in [5, 5.41) is 11.7. The van der Waals surface area contributed by atoms with E-state index in [2.05, 4.69) is 40.6 Å². The largest absolute Gasteiger partial charge is 1.00 e. The Labute approximate surface area is 201 Å². The Morgan fingerprint density at radius 2 is 1.85 bits per heavy atom. The number of hydrogen-bond acceptors (Lipinski definition) is 3. The standard InChI is InChI=1S/C21H20N5.K/c22-13-21(11-16-4-1-2-5-17(16)12-21)19-7-3-6-18(26-19)10-15-8-9-24-20(15)25-14-23;/h1-10,14H,11-13,22H2,(H-,23,24,25);/q-1;+1/b15-10+;. The molecule has 0 amide bonds. The fraction of sp³-hybridized carbons (Fsp3) is 0.190. The maximum Gasteiger partial charge on any atom is 1.00 e. The van der Waals surface area contributed by atoms with Crippen molar-refractivity contribution in [3.8, 4) is 0 Å². The van der Waals surface area contributed by atoms with Crippen LogP contribution in [-0.4, -0.2) is 23.7 Å². The van der Waals surface area contributed by atoms with Crippen molar-refractivity contribution in [3.63, 3.8) is 0 Å². The second-order valence-corrected chi connectivity index (χ2v) is 6.72. The van der Waals surface area contributed by atoms with Gasteiger partial charge in [0.1, 0.15) is 0 Å². The summed E-state index contributed by atoms with van der Waals surface area (Å²) in [5.41, 5.74) is 11.5. The predicted molar refractivity (Wildman–Crippen MR) is 106 cm³/mol. The first-order chi connectivity index (χ1) is 12.7. The van der Waals surface area contributed by atoms with Crippen molar-refractivity contribution >= 4 is 18.3 Å². The summed E-state index contributed by atoms with van der Waals surface area (Å²) in [6.07, 6.45) is 8.23. The van der Waals surface area contributed by atoms with Crippen LogP contribution in [0.4, 0.5) is 0 Å². The third-order valence-corrected chi connectivity index (χ3v) is 5.12. The van der Waals surface area contributed by atoms with Gasteiger partial charge in [-0.15, -0.1) is 6.34 Å². The van der Waals surface area contributed by atoms with E-state index in [1.807, 2.05) is 24.3 Å². The second-order valence-electron chi connectivity index (χ2n) is 6.72. The molecule has 1 aliphatic carbocycles. The molecule has 0 fully saturated rings. The minimum absolute atomic E-state index is 0.